The van der Waals surface area contributed by atoms with Crippen LogP contribution in [-0.4, -0.2) is 52.9 Å². The number of carbonyl (C=O) groups excluding carboxylic acids is 1. The molecule has 4 atom stereocenters. The second kappa shape index (κ2) is 7.33. The molecule has 1 saturated heterocycles. The summed E-state index contributed by atoms with van der Waals surface area (Å²) in [6.45, 7) is 3.93. The molecule has 3 fully saturated rings. The van der Waals surface area contributed by atoms with Crippen molar-refractivity contribution in [3.8, 4) is 11.3 Å². The van der Waals surface area contributed by atoms with Crippen LogP contribution in [-0.2, 0) is 11.3 Å². The van der Waals surface area contributed by atoms with Crippen LogP contribution in [0.4, 0.5) is 0 Å². The van der Waals surface area contributed by atoms with E-state index in [0.29, 0.717) is 24.3 Å². The molecule has 1 amide bonds. The zero-order chi connectivity index (χ0) is 19.1. The van der Waals surface area contributed by atoms with Crippen molar-refractivity contribution in [3.63, 3.8) is 0 Å². The first-order valence-corrected chi connectivity index (χ1v) is 10.5. The molecule has 6 nitrogen and oxygen atoms in total. The van der Waals surface area contributed by atoms with E-state index in [-0.39, 0.29) is 12.0 Å². The van der Waals surface area contributed by atoms with E-state index in [1.165, 1.54) is 12.8 Å². The van der Waals surface area contributed by atoms with Gasteiger partial charge in [-0.05, 0) is 31.1 Å². The minimum absolute atomic E-state index is 0.0606. The van der Waals surface area contributed by atoms with Gasteiger partial charge < -0.3 is 15.1 Å². The van der Waals surface area contributed by atoms with E-state index in [1.807, 2.05) is 35.2 Å². The van der Waals surface area contributed by atoms with Gasteiger partial charge in [0.25, 0.3) is 0 Å². The second-order valence-corrected chi connectivity index (χ2v) is 8.52. The lowest BCUT2D eigenvalue weighted by atomic mass is 9.84. The first-order chi connectivity index (χ1) is 13.7. The van der Waals surface area contributed by atoms with Crippen LogP contribution in [0.3, 0.4) is 0 Å². The largest absolute Gasteiger partial charge is 0.439 e. The zero-order valence-corrected chi connectivity index (χ0v) is 16.2. The van der Waals surface area contributed by atoms with E-state index in [9.17, 15) is 4.79 Å². The van der Waals surface area contributed by atoms with Crippen LogP contribution in [0.5, 0.6) is 0 Å². The zero-order valence-electron chi connectivity index (χ0n) is 16.2. The summed E-state index contributed by atoms with van der Waals surface area (Å²) in [7, 11) is 0. The molecule has 0 spiro atoms. The SMILES string of the molecule is NC1C2CCC(C2)C1C(=O)N1CCN(Cc2ncc(-c3ccccc3)o2)CC1. The summed E-state index contributed by atoms with van der Waals surface area (Å²) in [4.78, 5) is 21.8. The maximum atomic E-state index is 13.0. The third-order valence-electron chi connectivity index (χ3n) is 6.92. The van der Waals surface area contributed by atoms with Crippen LogP contribution in [0.2, 0.25) is 0 Å². The van der Waals surface area contributed by atoms with Gasteiger partial charge in [0.15, 0.2) is 5.76 Å². The highest BCUT2D eigenvalue weighted by Crippen LogP contribution is 2.48. The number of amides is 1. The maximum Gasteiger partial charge on any atom is 0.227 e. The van der Waals surface area contributed by atoms with Crippen molar-refractivity contribution in [2.75, 3.05) is 26.2 Å². The fraction of sp³-hybridized carbons (Fsp3) is 0.545. The molecule has 2 N–H and O–H groups in total. The molecule has 2 heterocycles. The Bertz CT molecular complexity index is 826. The number of hydrogen-bond acceptors (Lipinski definition) is 5. The standard InChI is InChI=1S/C22H28N4O2/c23-21-17-7-6-16(12-17)20(21)22(27)26-10-8-25(9-11-26)14-19-24-13-18(28-19)15-4-2-1-3-5-15/h1-5,13,16-17,20-21H,6-12,14,23H2. The van der Waals surface area contributed by atoms with Gasteiger partial charge in [0.05, 0.1) is 18.7 Å². The number of piperazine rings is 1. The predicted molar refractivity (Wildman–Crippen MR) is 106 cm³/mol. The summed E-state index contributed by atoms with van der Waals surface area (Å²) < 4.78 is 5.93. The van der Waals surface area contributed by atoms with Crippen LogP contribution in [0.1, 0.15) is 25.2 Å². The molecule has 1 aromatic carbocycles. The second-order valence-electron chi connectivity index (χ2n) is 8.52. The first kappa shape index (κ1) is 17.9. The van der Waals surface area contributed by atoms with Crippen molar-refractivity contribution in [1.82, 2.24) is 14.8 Å². The Kier molecular flexibility index (Phi) is 4.69. The molecule has 0 radical (unpaired) electrons. The summed E-state index contributed by atoms with van der Waals surface area (Å²) in [5.74, 6) is 2.98. The summed E-state index contributed by atoms with van der Waals surface area (Å²) in [6.07, 6.45) is 5.35. The molecule has 2 aliphatic carbocycles. The van der Waals surface area contributed by atoms with Crippen LogP contribution in [0, 0.1) is 17.8 Å². The average Bonchev–Trinajstić information content (AvgIpc) is 3.45. The molecular formula is C22H28N4O2. The van der Waals surface area contributed by atoms with E-state index >= 15 is 0 Å². The van der Waals surface area contributed by atoms with Gasteiger partial charge in [0, 0.05) is 37.8 Å². The van der Waals surface area contributed by atoms with Gasteiger partial charge in [-0.25, -0.2) is 4.98 Å². The van der Waals surface area contributed by atoms with E-state index in [0.717, 1.165) is 49.8 Å². The van der Waals surface area contributed by atoms with Crippen LogP contribution < -0.4 is 5.73 Å². The fourth-order valence-electron chi connectivity index (χ4n) is 5.35. The van der Waals surface area contributed by atoms with Crippen LogP contribution >= 0.6 is 0 Å². The van der Waals surface area contributed by atoms with E-state index in [4.69, 9.17) is 10.2 Å². The summed E-state index contributed by atoms with van der Waals surface area (Å²) in [6, 6.07) is 10.1. The quantitative estimate of drug-likeness (QED) is 0.881. The number of hydrogen-bond donors (Lipinski definition) is 1. The predicted octanol–water partition coefficient (Wildman–Crippen LogP) is 2.36. The Balaban J connectivity index is 1.16. The number of fused-ring (bicyclic) bond motifs is 2. The molecule has 2 aromatic rings. The highest BCUT2D eigenvalue weighted by molar-refractivity contribution is 5.80. The lowest BCUT2D eigenvalue weighted by Gasteiger charge is -2.38. The number of aromatic nitrogens is 1. The monoisotopic (exact) mass is 380 g/mol. The molecule has 148 valence electrons. The minimum atomic E-state index is 0.0606. The van der Waals surface area contributed by atoms with E-state index in [1.54, 1.807) is 6.20 Å². The number of rotatable bonds is 4. The van der Waals surface area contributed by atoms with Gasteiger partial charge in [0.2, 0.25) is 11.8 Å². The minimum Gasteiger partial charge on any atom is -0.439 e. The molecule has 2 saturated carbocycles. The number of nitrogens with zero attached hydrogens (tertiary/aromatic N) is 3. The fourth-order valence-corrected chi connectivity index (χ4v) is 5.35. The third kappa shape index (κ3) is 3.25. The average molecular weight is 380 g/mol. The van der Waals surface area contributed by atoms with Gasteiger partial charge in [-0.3, -0.25) is 9.69 Å². The summed E-state index contributed by atoms with van der Waals surface area (Å²) in [5, 5.41) is 0. The van der Waals surface area contributed by atoms with E-state index < -0.39 is 0 Å². The van der Waals surface area contributed by atoms with Crippen molar-refractivity contribution in [1.29, 1.82) is 0 Å². The maximum absolute atomic E-state index is 13.0. The highest BCUT2D eigenvalue weighted by Gasteiger charge is 2.50. The van der Waals surface area contributed by atoms with Gasteiger partial charge in [-0.2, -0.15) is 0 Å². The van der Waals surface area contributed by atoms with Gasteiger partial charge in [0.1, 0.15) is 0 Å². The Hall–Kier alpha value is -2.18. The Labute approximate surface area is 165 Å². The van der Waals surface area contributed by atoms with E-state index in [2.05, 4.69) is 9.88 Å². The number of carbonyl (C=O) groups is 1. The van der Waals surface area contributed by atoms with Crippen molar-refractivity contribution in [2.24, 2.45) is 23.5 Å². The molecule has 6 heteroatoms. The summed E-state index contributed by atoms with van der Waals surface area (Å²) >= 11 is 0. The Morgan fingerprint density at radius 2 is 1.86 bits per heavy atom. The van der Waals surface area contributed by atoms with Crippen LogP contribution in [0.15, 0.2) is 40.9 Å². The topological polar surface area (TPSA) is 75.6 Å². The smallest absolute Gasteiger partial charge is 0.227 e. The third-order valence-corrected chi connectivity index (χ3v) is 6.92. The number of oxazole rings is 1. The highest BCUT2D eigenvalue weighted by atomic mass is 16.4. The number of benzene rings is 1. The molecule has 5 rings (SSSR count). The molecule has 3 aliphatic rings. The molecule has 28 heavy (non-hydrogen) atoms. The Morgan fingerprint density at radius 3 is 2.57 bits per heavy atom. The molecule has 2 bridgehead atoms. The first-order valence-electron chi connectivity index (χ1n) is 10.5. The van der Waals surface area contributed by atoms with Gasteiger partial charge in [-0.15, -0.1) is 0 Å². The Morgan fingerprint density at radius 1 is 1.11 bits per heavy atom. The molecule has 1 aromatic heterocycles. The molecule has 1 aliphatic heterocycles. The molecule has 4 unspecified atom stereocenters. The lowest BCUT2D eigenvalue weighted by molar-refractivity contribution is -0.139. The van der Waals surface area contributed by atoms with Gasteiger partial charge >= 0.3 is 0 Å². The van der Waals surface area contributed by atoms with Crippen LogP contribution in [0.25, 0.3) is 11.3 Å². The van der Waals surface area contributed by atoms with Gasteiger partial charge in [-0.1, -0.05) is 30.3 Å². The van der Waals surface area contributed by atoms with Crippen molar-refractivity contribution >= 4 is 5.91 Å². The van der Waals surface area contributed by atoms with Crippen molar-refractivity contribution in [3.05, 3.63) is 42.4 Å². The summed E-state index contributed by atoms with van der Waals surface area (Å²) in [5.41, 5.74) is 7.41. The van der Waals surface area contributed by atoms with Crippen molar-refractivity contribution < 1.29 is 9.21 Å². The number of nitrogens with two attached hydrogens (primary N) is 1. The normalized spacial score (nSPS) is 30.1. The lowest BCUT2D eigenvalue weighted by Crippen LogP contribution is -2.53. The molecular weight excluding hydrogens is 352 g/mol. The van der Waals surface area contributed by atoms with Crippen molar-refractivity contribution in [2.45, 2.75) is 31.8 Å².